The number of aryl methyl sites for hydroxylation is 1. The number of para-hydroxylation sites is 1. The summed E-state index contributed by atoms with van der Waals surface area (Å²) >= 11 is 0. The lowest BCUT2D eigenvalue weighted by Crippen LogP contribution is -2.47. The Labute approximate surface area is 161 Å². The highest BCUT2D eigenvalue weighted by atomic mass is 16.7. The molecule has 1 saturated heterocycles. The normalized spacial score (nSPS) is 17.9. The van der Waals surface area contributed by atoms with Gasteiger partial charge in [-0.25, -0.2) is 0 Å². The SMILES string of the molecule is Cc1cccc2c1N(Cc1nnc(-c3ccccc3)o1)C(=O)C21OCCCO1. The van der Waals surface area contributed by atoms with E-state index >= 15 is 0 Å². The highest BCUT2D eigenvalue weighted by Gasteiger charge is 2.55. The highest BCUT2D eigenvalue weighted by Crippen LogP contribution is 2.47. The standard InChI is InChI=1S/C21H19N3O4/c1-14-7-5-10-16-18(14)24(20(25)21(16)26-11-6-12-27-21)13-17-22-23-19(28-17)15-8-3-2-4-9-15/h2-5,7-10H,6,11-13H2,1H3. The average molecular weight is 377 g/mol. The number of hydrogen-bond acceptors (Lipinski definition) is 6. The highest BCUT2D eigenvalue weighted by molar-refractivity contribution is 6.06. The third kappa shape index (κ3) is 2.55. The second-order valence-electron chi connectivity index (χ2n) is 6.90. The Hall–Kier alpha value is -3.03. The smallest absolute Gasteiger partial charge is 0.293 e. The summed E-state index contributed by atoms with van der Waals surface area (Å²) in [5.74, 6) is -0.848. The zero-order chi connectivity index (χ0) is 19.1. The van der Waals surface area contributed by atoms with Crippen LogP contribution in [0, 0.1) is 6.92 Å². The van der Waals surface area contributed by atoms with E-state index in [2.05, 4.69) is 10.2 Å². The minimum Gasteiger partial charge on any atom is -0.419 e. The van der Waals surface area contributed by atoms with Gasteiger partial charge in [-0.3, -0.25) is 9.69 Å². The van der Waals surface area contributed by atoms with Gasteiger partial charge in [-0.2, -0.15) is 0 Å². The van der Waals surface area contributed by atoms with Crippen molar-refractivity contribution in [2.75, 3.05) is 18.1 Å². The molecule has 142 valence electrons. The first-order valence-electron chi connectivity index (χ1n) is 9.27. The number of carbonyl (C=O) groups is 1. The molecule has 1 spiro atoms. The fourth-order valence-corrected chi connectivity index (χ4v) is 3.79. The third-order valence-electron chi connectivity index (χ3n) is 5.07. The molecule has 28 heavy (non-hydrogen) atoms. The van der Waals surface area contributed by atoms with Crippen molar-refractivity contribution in [3.8, 4) is 11.5 Å². The number of hydrogen-bond donors (Lipinski definition) is 0. The Morgan fingerprint density at radius 2 is 1.82 bits per heavy atom. The molecule has 2 aliphatic heterocycles. The average Bonchev–Trinajstić information content (AvgIpc) is 3.29. The van der Waals surface area contributed by atoms with Crippen LogP contribution in [0.25, 0.3) is 11.5 Å². The van der Waals surface area contributed by atoms with E-state index < -0.39 is 5.79 Å². The zero-order valence-electron chi connectivity index (χ0n) is 15.4. The first-order chi connectivity index (χ1) is 13.7. The van der Waals surface area contributed by atoms with Gasteiger partial charge in [0.05, 0.1) is 18.9 Å². The van der Waals surface area contributed by atoms with E-state index in [1.165, 1.54) is 0 Å². The molecule has 3 heterocycles. The van der Waals surface area contributed by atoms with Crippen LogP contribution in [-0.2, 0) is 26.6 Å². The fourth-order valence-electron chi connectivity index (χ4n) is 3.79. The van der Waals surface area contributed by atoms with Crippen molar-refractivity contribution in [1.82, 2.24) is 10.2 Å². The van der Waals surface area contributed by atoms with Gasteiger partial charge >= 0.3 is 0 Å². The number of benzene rings is 2. The molecule has 0 atom stereocenters. The van der Waals surface area contributed by atoms with Crippen LogP contribution in [0.15, 0.2) is 52.9 Å². The Balaban J connectivity index is 1.51. The molecular formula is C21H19N3O4. The van der Waals surface area contributed by atoms with Crippen molar-refractivity contribution >= 4 is 11.6 Å². The summed E-state index contributed by atoms with van der Waals surface area (Å²) in [4.78, 5) is 15.0. The van der Waals surface area contributed by atoms with Crippen LogP contribution in [0.4, 0.5) is 5.69 Å². The molecule has 7 heteroatoms. The molecule has 0 bridgehead atoms. The summed E-state index contributed by atoms with van der Waals surface area (Å²) in [7, 11) is 0. The number of anilines is 1. The van der Waals surface area contributed by atoms with Gasteiger partial charge in [0.25, 0.3) is 11.7 Å². The lowest BCUT2D eigenvalue weighted by molar-refractivity contribution is -0.256. The minimum atomic E-state index is -1.37. The summed E-state index contributed by atoms with van der Waals surface area (Å²) in [6, 6.07) is 15.3. The first kappa shape index (κ1) is 17.1. The van der Waals surface area contributed by atoms with Gasteiger partial charge in [0.15, 0.2) is 0 Å². The molecule has 1 fully saturated rings. The number of fused-ring (bicyclic) bond motifs is 2. The Bertz CT molecular complexity index is 1030. The van der Waals surface area contributed by atoms with Gasteiger partial charge in [0, 0.05) is 11.1 Å². The van der Waals surface area contributed by atoms with E-state index in [-0.39, 0.29) is 12.5 Å². The largest absolute Gasteiger partial charge is 0.419 e. The van der Waals surface area contributed by atoms with Crippen molar-refractivity contribution in [2.24, 2.45) is 0 Å². The van der Waals surface area contributed by atoms with Gasteiger partial charge in [0.1, 0.15) is 6.54 Å². The van der Waals surface area contributed by atoms with Crippen LogP contribution in [0.1, 0.15) is 23.4 Å². The zero-order valence-corrected chi connectivity index (χ0v) is 15.4. The lowest BCUT2D eigenvalue weighted by Gasteiger charge is -2.32. The van der Waals surface area contributed by atoms with Crippen LogP contribution in [0.2, 0.25) is 0 Å². The monoisotopic (exact) mass is 377 g/mol. The molecule has 7 nitrogen and oxygen atoms in total. The van der Waals surface area contributed by atoms with Crippen molar-refractivity contribution < 1.29 is 18.7 Å². The Kier molecular flexibility index (Phi) is 3.99. The number of carbonyl (C=O) groups excluding carboxylic acids is 1. The minimum absolute atomic E-state index is 0.158. The Morgan fingerprint density at radius 3 is 2.61 bits per heavy atom. The van der Waals surface area contributed by atoms with E-state index in [1.807, 2.05) is 55.5 Å². The van der Waals surface area contributed by atoms with E-state index in [1.54, 1.807) is 4.90 Å². The maximum Gasteiger partial charge on any atom is 0.293 e. The lowest BCUT2D eigenvalue weighted by atomic mass is 10.0. The molecular weight excluding hydrogens is 358 g/mol. The maximum absolute atomic E-state index is 13.4. The van der Waals surface area contributed by atoms with E-state index in [4.69, 9.17) is 13.9 Å². The quantitative estimate of drug-likeness (QED) is 0.698. The maximum atomic E-state index is 13.4. The van der Waals surface area contributed by atoms with Gasteiger partial charge in [-0.1, -0.05) is 36.4 Å². The van der Waals surface area contributed by atoms with E-state index in [0.29, 0.717) is 25.0 Å². The number of amides is 1. The first-order valence-corrected chi connectivity index (χ1v) is 9.27. The van der Waals surface area contributed by atoms with Gasteiger partial charge in [-0.15, -0.1) is 10.2 Å². The van der Waals surface area contributed by atoms with E-state index in [0.717, 1.165) is 28.8 Å². The summed E-state index contributed by atoms with van der Waals surface area (Å²) < 4.78 is 17.6. The van der Waals surface area contributed by atoms with Crippen LogP contribution < -0.4 is 4.90 Å². The predicted octanol–water partition coefficient (Wildman–Crippen LogP) is 3.18. The second-order valence-corrected chi connectivity index (χ2v) is 6.90. The molecule has 1 aromatic heterocycles. The van der Waals surface area contributed by atoms with Crippen molar-refractivity contribution in [2.45, 2.75) is 25.7 Å². The molecule has 0 unspecified atom stereocenters. The molecule has 3 aromatic rings. The summed E-state index contributed by atoms with van der Waals surface area (Å²) in [6.45, 7) is 3.08. The van der Waals surface area contributed by atoms with Crippen LogP contribution >= 0.6 is 0 Å². The second kappa shape index (κ2) is 6.54. The molecule has 5 rings (SSSR count). The summed E-state index contributed by atoms with van der Waals surface area (Å²) in [6.07, 6.45) is 0.764. The molecule has 1 amide bonds. The number of aromatic nitrogens is 2. The van der Waals surface area contributed by atoms with E-state index in [9.17, 15) is 4.79 Å². The van der Waals surface area contributed by atoms with Crippen molar-refractivity contribution in [3.05, 3.63) is 65.5 Å². The number of ether oxygens (including phenoxy) is 2. The molecule has 2 aromatic carbocycles. The van der Waals surface area contributed by atoms with Crippen LogP contribution in [0.3, 0.4) is 0 Å². The van der Waals surface area contributed by atoms with Crippen LogP contribution in [-0.4, -0.2) is 29.3 Å². The van der Waals surface area contributed by atoms with Gasteiger partial charge < -0.3 is 13.9 Å². The third-order valence-corrected chi connectivity index (χ3v) is 5.07. The molecule has 0 radical (unpaired) electrons. The van der Waals surface area contributed by atoms with Crippen LogP contribution in [0.5, 0.6) is 0 Å². The molecule has 0 aliphatic carbocycles. The predicted molar refractivity (Wildman–Crippen MR) is 100 cm³/mol. The van der Waals surface area contributed by atoms with Gasteiger partial charge in [-0.05, 0) is 31.0 Å². The molecule has 0 saturated carbocycles. The number of nitrogens with zero attached hydrogens (tertiary/aromatic N) is 3. The summed E-state index contributed by atoms with van der Waals surface area (Å²) in [5.41, 5.74) is 3.32. The molecule has 2 aliphatic rings. The topological polar surface area (TPSA) is 77.7 Å². The molecule has 0 N–H and O–H groups in total. The fraction of sp³-hybridized carbons (Fsp3) is 0.286. The van der Waals surface area contributed by atoms with Crippen molar-refractivity contribution in [3.63, 3.8) is 0 Å². The van der Waals surface area contributed by atoms with Crippen molar-refractivity contribution in [1.29, 1.82) is 0 Å². The summed E-state index contributed by atoms with van der Waals surface area (Å²) in [5, 5.41) is 8.25. The number of rotatable bonds is 3. The van der Waals surface area contributed by atoms with Gasteiger partial charge in [0.2, 0.25) is 11.8 Å². The Morgan fingerprint density at radius 1 is 1.04 bits per heavy atom.